The maximum absolute atomic E-state index is 11.4. The first-order chi connectivity index (χ1) is 7.86. The Bertz CT molecular complexity index is 333. The number of nitrogens with zero attached hydrogens (tertiary/aromatic N) is 1. The molecule has 1 aromatic rings. The van der Waals surface area contributed by atoms with Gasteiger partial charge >= 0.3 is 5.97 Å². The van der Waals surface area contributed by atoms with Crippen LogP contribution >= 0.6 is 0 Å². The van der Waals surface area contributed by atoms with Gasteiger partial charge in [0.05, 0.1) is 12.5 Å². The van der Waals surface area contributed by atoms with E-state index >= 15 is 0 Å². The third-order valence-electron chi connectivity index (χ3n) is 3.02. The molecule has 1 aliphatic rings. The van der Waals surface area contributed by atoms with Crippen molar-refractivity contribution >= 4 is 5.97 Å². The van der Waals surface area contributed by atoms with Crippen LogP contribution < -0.4 is 0 Å². The van der Waals surface area contributed by atoms with Crippen molar-refractivity contribution in [1.82, 2.24) is 4.98 Å². The van der Waals surface area contributed by atoms with E-state index in [1.807, 2.05) is 18.3 Å². The van der Waals surface area contributed by atoms with Crippen LogP contribution in [0.25, 0.3) is 0 Å². The molecule has 0 unspecified atom stereocenters. The molecule has 0 saturated heterocycles. The molecule has 1 aliphatic carbocycles. The largest absolute Gasteiger partial charge is 0.465 e. The molecule has 0 aromatic carbocycles. The Morgan fingerprint density at radius 1 is 1.50 bits per heavy atom. The molecule has 16 heavy (non-hydrogen) atoms. The smallest absolute Gasteiger partial charge is 0.308 e. The van der Waals surface area contributed by atoms with Crippen molar-refractivity contribution in [1.29, 1.82) is 0 Å². The summed E-state index contributed by atoms with van der Waals surface area (Å²) in [7, 11) is 0. The van der Waals surface area contributed by atoms with Crippen LogP contribution in [0.5, 0.6) is 0 Å². The second-order valence-electron chi connectivity index (χ2n) is 4.26. The van der Waals surface area contributed by atoms with Gasteiger partial charge in [0.15, 0.2) is 0 Å². The highest BCUT2D eigenvalue weighted by molar-refractivity contribution is 5.73. The average molecular weight is 219 g/mol. The highest BCUT2D eigenvalue weighted by Gasteiger charge is 2.26. The van der Waals surface area contributed by atoms with Crippen LogP contribution in [0.1, 0.15) is 31.2 Å². The number of aryl methyl sites for hydroxylation is 1. The number of esters is 1. The van der Waals surface area contributed by atoms with Crippen LogP contribution in [0.3, 0.4) is 0 Å². The molecule has 0 N–H and O–H groups in total. The molecule has 0 aliphatic heterocycles. The van der Waals surface area contributed by atoms with Crippen LogP contribution in [0.2, 0.25) is 0 Å². The summed E-state index contributed by atoms with van der Waals surface area (Å²) in [4.78, 5) is 15.4. The maximum atomic E-state index is 11.4. The summed E-state index contributed by atoms with van der Waals surface area (Å²) in [5, 5.41) is 0. The number of ether oxygens (including phenoxy) is 1. The Morgan fingerprint density at radius 2 is 2.38 bits per heavy atom. The molecular weight excluding hydrogens is 202 g/mol. The Kier molecular flexibility index (Phi) is 3.91. The molecule has 2 rings (SSSR count). The van der Waals surface area contributed by atoms with E-state index in [9.17, 15) is 4.79 Å². The molecular formula is C13H17NO2. The lowest BCUT2D eigenvalue weighted by molar-refractivity contribution is -0.151. The lowest BCUT2D eigenvalue weighted by atomic mass is 9.86. The van der Waals surface area contributed by atoms with Gasteiger partial charge in [0.25, 0.3) is 0 Å². The van der Waals surface area contributed by atoms with Crippen molar-refractivity contribution in [3.63, 3.8) is 0 Å². The van der Waals surface area contributed by atoms with Crippen molar-refractivity contribution in [2.24, 2.45) is 5.92 Å². The number of hydrogen-bond donors (Lipinski definition) is 0. The van der Waals surface area contributed by atoms with E-state index in [1.54, 1.807) is 6.20 Å². The van der Waals surface area contributed by atoms with Gasteiger partial charge in [-0.1, -0.05) is 12.5 Å². The average Bonchev–Trinajstić information content (AvgIpc) is 2.23. The molecule has 1 heterocycles. The number of hydrogen-bond acceptors (Lipinski definition) is 3. The molecule has 0 radical (unpaired) electrons. The lowest BCUT2D eigenvalue weighted by Crippen LogP contribution is -2.24. The van der Waals surface area contributed by atoms with E-state index in [-0.39, 0.29) is 11.9 Å². The van der Waals surface area contributed by atoms with Gasteiger partial charge in [-0.2, -0.15) is 0 Å². The Morgan fingerprint density at radius 3 is 3.00 bits per heavy atom. The molecule has 0 bridgehead atoms. The van der Waals surface area contributed by atoms with Crippen molar-refractivity contribution in [2.45, 2.75) is 32.1 Å². The first-order valence-corrected chi connectivity index (χ1v) is 5.92. The van der Waals surface area contributed by atoms with Crippen LogP contribution in [0.4, 0.5) is 0 Å². The first-order valence-electron chi connectivity index (χ1n) is 5.92. The third kappa shape index (κ3) is 3.05. The first kappa shape index (κ1) is 11.1. The SMILES string of the molecule is O=C(OCCCc1cccnc1)C1CCC1. The van der Waals surface area contributed by atoms with Gasteiger partial charge in [-0.15, -0.1) is 0 Å². The van der Waals surface area contributed by atoms with Crippen molar-refractivity contribution < 1.29 is 9.53 Å². The molecule has 3 nitrogen and oxygen atoms in total. The molecule has 0 spiro atoms. The van der Waals surface area contributed by atoms with Crippen LogP contribution in [0.15, 0.2) is 24.5 Å². The van der Waals surface area contributed by atoms with Crippen molar-refractivity contribution in [3.8, 4) is 0 Å². The fourth-order valence-corrected chi connectivity index (χ4v) is 1.76. The Hall–Kier alpha value is -1.38. The van der Waals surface area contributed by atoms with Crippen LogP contribution in [-0.2, 0) is 16.0 Å². The van der Waals surface area contributed by atoms with Gasteiger partial charge in [-0.05, 0) is 37.3 Å². The minimum Gasteiger partial charge on any atom is -0.465 e. The Labute approximate surface area is 95.8 Å². The van der Waals surface area contributed by atoms with Gasteiger partial charge in [0.1, 0.15) is 0 Å². The number of aromatic nitrogens is 1. The summed E-state index contributed by atoms with van der Waals surface area (Å²) in [5.74, 6) is 0.191. The van der Waals surface area contributed by atoms with E-state index in [0.29, 0.717) is 6.61 Å². The molecule has 0 amide bonds. The van der Waals surface area contributed by atoms with Crippen LogP contribution in [0, 0.1) is 5.92 Å². The highest BCUT2D eigenvalue weighted by atomic mass is 16.5. The summed E-state index contributed by atoms with van der Waals surface area (Å²) in [5.41, 5.74) is 1.20. The normalized spacial score (nSPS) is 15.5. The topological polar surface area (TPSA) is 39.2 Å². The lowest BCUT2D eigenvalue weighted by Gasteiger charge is -2.22. The highest BCUT2D eigenvalue weighted by Crippen LogP contribution is 2.27. The van der Waals surface area contributed by atoms with E-state index in [1.165, 1.54) is 12.0 Å². The third-order valence-corrected chi connectivity index (χ3v) is 3.02. The molecule has 1 fully saturated rings. The zero-order valence-electron chi connectivity index (χ0n) is 9.39. The number of carbonyl (C=O) groups excluding carboxylic acids is 1. The summed E-state index contributed by atoms with van der Waals surface area (Å²) >= 11 is 0. The number of rotatable bonds is 5. The van der Waals surface area contributed by atoms with Crippen molar-refractivity contribution in [3.05, 3.63) is 30.1 Å². The number of pyridine rings is 1. The Balaban J connectivity index is 1.60. The summed E-state index contributed by atoms with van der Waals surface area (Å²) in [6.45, 7) is 0.532. The summed E-state index contributed by atoms with van der Waals surface area (Å²) in [6, 6.07) is 3.97. The van der Waals surface area contributed by atoms with Gasteiger partial charge in [0, 0.05) is 12.4 Å². The quantitative estimate of drug-likeness (QED) is 0.563. The molecule has 1 aromatic heterocycles. The molecule has 1 saturated carbocycles. The minimum absolute atomic E-state index is 0.00237. The van der Waals surface area contributed by atoms with Gasteiger partial charge < -0.3 is 4.74 Å². The van der Waals surface area contributed by atoms with Gasteiger partial charge in [0.2, 0.25) is 0 Å². The minimum atomic E-state index is -0.00237. The van der Waals surface area contributed by atoms with Gasteiger partial charge in [-0.25, -0.2) is 0 Å². The zero-order chi connectivity index (χ0) is 11.2. The summed E-state index contributed by atoms with van der Waals surface area (Å²) < 4.78 is 5.21. The fourth-order valence-electron chi connectivity index (χ4n) is 1.76. The molecule has 3 heteroatoms. The zero-order valence-corrected chi connectivity index (χ0v) is 9.39. The second kappa shape index (κ2) is 5.64. The van der Waals surface area contributed by atoms with E-state index < -0.39 is 0 Å². The predicted octanol–water partition coefficient (Wildman–Crippen LogP) is 2.36. The maximum Gasteiger partial charge on any atom is 0.308 e. The van der Waals surface area contributed by atoms with Crippen LogP contribution in [-0.4, -0.2) is 17.6 Å². The van der Waals surface area contributed by atoms with E-state index in [2.05, 4.69) is 4.98 Å². The standard InChI is InChI=1S/C13H17NO2/c15-13(12-6-1-7-12)16-9-3-5-11-4-2-8-14-10-11/h2,4,8,10,12H,1,3,5-7,9H2. The van der Waals surface area contributed by atoms with E-state index in [4.69, 9.17) is 4.74 Å². The second-order valence-corrected chi connectivity index (χ2v) is 4.26. The number of carbonyl (C=O) groups is 1. The summed E-state index contributed by atoms with van der Waals surface area (Å²) in [6.07, 6.45) is 8.63. The monoisotopic (exact) mass is 219 g/mol. The molecule has 0 atom stereocenters. The van der Waals surface area contributed by atoms with Crippen molar-refractivity contribution in [2.75, 3.05) is 6.61 Å². The molecule has 86 valence electrons. The van der Waals surface area contributed by atoms with Gasteiger partial charge in [-0.3, -0.25) is 9.78 Å². The fraction of sp³-hybridized carbons (Fsp3) is 0.538. The van der Waals surface area contributed by atoms with E-state index in [0.717, 1.165) is 25.7 Å². The predicted molar refractivity (Wildman–Crippen MR) is 60.9 cm³/mol.